The summed E-state index contributed by atoms with van der Waals surface area (Å²) in [7, 11) is 0. The maximum absolute atomic E-state index is 12.6. The van der Waals surface area contributed by atoms with E-state index >= 15 is 0 Å². The van der Waals surface area contributed by atoms with Crippen molar-refractivity contribution in [1.82, 2.24) is 4.98 Å². The Kier molecular flexibility index (Phi) is 6.09. The Bertz CT molecular complexity index is 1060. The lowest BCUT2D eigenvalue weighted by atomic mass is 10.1. The van der Waals surface area contributed by atoms with E-state index in [1.165, 1.54) is 6.08 Å². The molecule has 140 valence electrons. The number of carboxylic acids is 1. The van der Waals surface area contributed by atoms with Crippen molar-refractivity contribution in [2.45, 2.75) is 0 Å². The lowest BCUT2D eigenvalue weighted by Gasteiger charge is -2.08. The van der Waals surface area contributed by atoms with Gasteiger partial charge in [0.25, 0.3) is 5.91 Å². The van der Waals surface area contributed by atoms with E-state index < -0.39 is 11.9 Å². The van der Waals surface area contributed by atoms with Crippen LogP contribution in [0.25, 0.3) is 17.3 Å². The molecule has 0 saturated heterocycles. The van der Waals surface area contributed by atoms with Crippen molar-refractivity contribution in [2.75, 3.05) is 5.32 Å². The Labute approximate surface area is 171 Å². The fourth-order valence-corrected chi connectivity index (χ4v) is 3.03. The molecule has 0 fully saturated rings. The van der Waals surface area contributed by atoms with Crippen LogP contribution in [-0.4, -0.2) is 22.0 Å². The third-order valence-electron chi connectivity index (χ3n) is 3.70. The van der Waals surface area contributed by atoms with Crippen molar-refractivity contribution < 1.29 is 14.7 Å². The number of nitrogens with zero attached hydrogens (tertiary/aromatic N) is 1. The van der Waals surface area contributed by atoms with Gasteiger partial charge in [-0.2, -0.15) is 0 Å². The number of rotatable bonds is 5. The molecule has 2 aromatic carbocycles. The molecule has 28 heavy (non-hydrogen) atoms. The van der Waals surface area contributed by atoms with Gasteiger partial charge < -0.3 is 10.4 Å². The van der Waals surface area contributed by atoms with Crippen LogP contribution < -0.4 is 5.32 Å². The van der Waals surface area contributed by atoms with E-state index in [-0.39, 0.29) is 5.69 Å². The Morgan fingerprint density at radius 1 is 0.964 bits per heavy atom. The zero-order valence-corrected chi connectivity index (χ0v) is 15.9. The molecule has 3 aromatic rings. The molecule has 0 aliphatic heterocycles. The molecule has 7 heteroatoms. The van der Waals surface area contributed by atoms with Gasteiger partial charge in [-0.05, 0) is 54.1 Å². The SMILES string of the molecule is O=C(O)C=Cc1cccc(NC(=O)c2cccc(-c3cc(Cl)cc(Cl)c3)n2)c1. The van der Waals surface area contributed by atoms with E-state index in [0.29, 0.717) is 32.6 Å². The normalized spacial score (nSPS) is 10.8. The number of nitrogens with one attached hydrogen (secondary N) is 1. The standard InChI is InChI=1S/C21H14Cl2N2O3/c22-15-10-14(11-16(23)12-15)18-5-2-6-19(25-18)21(28)24-17-4-1-3-13(9-17)7-8-20(26)27/h1-12H,(H,24,28)(H,26,27). The van der Waals surface area contributed by atoms with Gasteiger partial charge in [0, 0.05) is 27.4 Å². The number of hydrogen-bond donors (Lipinski definition) is 2. The number of halogens is 2. The summed E-state index contributed by atoms with van der Waals surface area (Å²) in [6.45, 7) is 0. The number of hydrogen-bond acceptors (Lipinski definition) is 3. The van der Waals surface area contributed by atoms with Crippen LogP contribution in [0.3, 0.4) is 0 Å². The van der Waals surface area contributed by atoms with Crippen molar-refractivity contribution in [3.05, 3.63) is 88.0 Å². The molecule has 0 bridgehead atoms. The highest BCUT2D eigenvalue weighted by Gasteiger charge is 2.10. The second-order valence-electron chi connectivity index (χ2n) is 5.82. The molecule has 3 rings (SSSR count). The summed E-state index contributed by atoms with van der Waals surface area (Å²) in [6.07, 6.45) is 2.47. The van der Waals surface area contributed by atoms with Gasteiger partial charge in [-0.1, -0.05) is 41.4 Å². The van der Waals surface area contributed by atoms with Crippen molar-refractivity contribution in [1.29, 1.82) is 0 Å². The Morgan fingerprint density at radius 3 is 2.39 bits per heavy atom. The van der Waals surface area contributed by atoms with Crippen LogP contribution >= 0.6 is 23.2 Å². The number of amides is 1. The maximum atomic E-state index is 12.6. The highest BCUT2D eigenvalue weighted by atomic mass is 35.5. The van der Waals surface area contributed by atoms with E-state index in [0.717, 1.165) is 6.08 Å². The van der Waals surface area contributed by atoms with E-state index in [1.54, 1.807) is 60.7 Å². The predicted molar refractivity (Wildman–Crippen MR) is 111 cm³/mol. The summed E-state index contributed by atoms with van der Waals surface area (Å²) in [5, 5.41) is 12.4. The number of anilines is 1. The third kappa shape index (κ3) is 5.19. The van der Waals surface area contributed by atoms with Crippen molar-refractivity contribution in [3.8, 4) is 11.3 Å². The monoisotopic (exact) mass is 412 g/mol. The van der Waals surface area contributed by atoms with Gasteiger partial charge in [-0.3, -0.25) is 4.79 Å². The average molecular weight is 413 g/mol. The zero-order chi connectivity index (χ0) is 20.1. The first-order chi connectivity index (χ1) is 13.4. The number of aliphatic carboxylic acids is 1. The molecule has 0 spiro atoms. The smallest absolute Gasteiger partial charge is 0.328 e. The second-order valence-corrected chi connectivity index (χ2v) is 6.69. The van der Waals surface area contributed by atoms with Crippen molar-refractivity contribution >= 4 is 46.8 Å². The topological polar surface area (TPSA) is 79.3 Å². The summed E-state index contributed by atoms with van der Waals surface area (Å²) in [5.74, 6) is -1.44. The molecule has 1 heterocycles. The minimum absolute atomic E-state index is 0.222. The number of carbonyl (C=O) groups is 2. The predicted octanol–water partition coefficient (Wildman–Crippen LogP) is 5.41. The van der Waals surface area contributed by atoms with Gasteiger partial charge in [0.2, 0.25) is 0 Å². The van der Waals surface area contributed by atoms with E-state index in [1.807, 2.05) is 0 Å². The van der Waals surface area contributed by atoms with Crippen LogP contribution in [0.5, 0.6) is 0 Å². The van der Waals surface area contributed by atoms with Crippen LogP contribution in [0.2, 0.25) is 10.0 Å². The highest BCUT2D eigenvalue weighted by molar-refractivity contribution is 6.35. The van der Waals surface area contributed by atoms with Crippen molar-refractivity contribution in [3.63, 3.8) is 0 Å². The van der Waals surface area contributed by atoms with Crippen LogP contribution in [0.4, 0.5) is 5.69 Å². The first kappa shape index (κ1) is 19.6. The molecule has 0 aliphatic carbocycles. The zero-order valence-electron chi connectivity index (χ0n) is 14.4. The molecule has 0 unspecified atom stereocenters. The summed E-state index contributed by atoms with van der Waals surface area (Å²) < 4.78 is 0. The molecule has 0 saturated carbocycles. The van der Waals surface area contributed by atoms with Crippen LogP contribution in [0.15, 0.2) is 66.7 Å². The highest BCUT2D eigenvalue weighted by Crippen LogP contribution is 2.26. The van der Waals surface area contributed by atoms with Gasteiger partial charge in [0.05, 0.1) is 5.69 Å². The van der Waals surface area contributed by atoms with Gasteiger partial charge in [-0.15, -0.1) is 0 Å². The quantitative estimate of drug-likeness (QED) is 0.549. The molecule has 0 radical (unpaired) electrons. The summed E-state index contributed by atoms with van der Waals surface area (Å²) in [6, 6.07) is 17.0. The van der Waals surface area contributed by atoms with Crippen molar-refractivity contribution in [2.24, 2.45) is 0 Å². The maximum Gasteiger partial charge on any atom is 0.328 e. The average Bonchev–Trinajstić information content (AvgIpc) is 2.66. The summed E-state index contributed by atoms with van der Waals surface area (Å²) >= 11 is 12.1. The minimum atomic E-state index is -1.04. The van der Waals surface area contributed by atoms with Crippen LogP contribution in [0, 0.1) is 0 Å². The molecular formula is C21H14Cl2N2O3. The Hall–Kier alpha value is -3.15. The van der Waals surface area contributed by atoms with Gasteiger partial charge >= 0.3 is 5.97 Å². The first-order valence-corrected chi connectivity index (χ1v) is 8.92. The molecule has 0 atom stereocenters. The lowest BCUT2D eigenvalue weighted by Crippen LogP contribution is -2.13. The van der Waals surface area contributed by atoms with E-state index in [4.69, 9.17) is 28.3 Å². The first-order valence-electron chi connectivity index (χ1n) is 8.17. The summed E-state index contributed by atoms with van der Waals surface area (Å²) in [5.41, 5.74) is 2.66. The second kappa shape index (κ2) is 8.69. The van der Waals surface area contributed by atoms with Gasteiger partial charge in [-0.25, -0.2) is 9.78 Å². The molecule has 1 amide bonds. The van der Waals surface area contributed by atoms with E-state index in [9.17, 15) is 9.59 Å². The Morgan fingerprint density at radius 2 is 1.68 bits per heavy atom. The third-order valence-corrected chi connectivity index (χ3v) is 4.14. The summed E-state index contributed by atoms with van der Waals surface area (Å²) in [4.78, 5) is 27.6. The number of benzene rings is 2. The number of aromatic nitrogens is 1. The van der Waals surface area contributed by atoms with Gasteiger partial charge in [0.1, 0.15) is 5.69 Å². The lowest BCUT2D eigenvalue weighted by molar-refractivity contribution is -0.131. The van der Waals surface area contributed by atoms with Gasteiger partial charge in [0.15, 0.2) is 0 Å². The fraction of sp³-hybridized carbons (Fsp3) is 0. The Balaban J connectivity index is 1.82. The fourth-order valence-electron chi connectivity index (χ4n) is 2.51. The van der Waals surface area contributed by atoms with E-state index in [2.05, 4.69) is 10.3 Å². The largest absolute Gasteiger partial charge is 0.478 e. The molecule has 0 aliphatic rings. The molecular weight excluding hydrogens is 399 g/mol. The number of pyridine rings is 1. The minimum Gasteiger partial charge on any atom is -0.478 e. The van der Waals surface area contributed by atoms with Crippen LogP contribution in [0.1, 0.15) is 16.1 Å². The van der Waals surface area contributed by atoms with Crippen LogP contribution in [-0.2, 0) is 4.79 Å². The molecule has 2 N–H and O–H groups in total. The molecule has 5 nitrogen and oxygen atoms in total. The number of carboxylic acid groups (broad SMARTS) is 1. The number of carbonyl (C=O) groups excluding carboxylic acids is 1. The molecule has 1 aromatic heterocycles.